The molecule has 0 bridgehead atoms. The standard InChI is InChI=1S/C11H14N6O/c1-7(2)8-5-4-6-9(12-8)10(18)13-11-14-15-16-17(11)3/h4-7H,1-3H3,(H,13,14,16,18). The van der Waals surface area contributed by atoms with Crippen LogP contribution in [0.1, 0.15) is 35.9 Å². The minimum Gasteiger partial charge on any atom is -0.288 e. The molecule has 0 unspecified atom stereocenters. The van der Waals surface area contributed by atoms with Gasteiger partial charge in [0, 0.05) is 12.7 Å². The van der Waals surface area contributed by atoms with Gasteiger partial charge in [-0.2, -0.15) is 0 Å². The van der Waals surface area contributed by atoms with Crippen LogP contribution in [0.3, 0.4) is 0 Å². The second-order valence-electron chi connectivity index (χ2n) is 4.18. The van der Waals surface area contributed by atoms with Gasteiger partial charge in [0.2, 0.25) is 5.95 Å². The van der Waals surface area contributed by atoms with Crippen LogP contribution in [-0.4, -0.2) is 31.1 Å². The van der Waals surface area contributed by atoms with E-state index in [1.807, 2.05) is 26.0 Å². The van der Waals surface area contributed by atoms with Gasteiger partial charge in [-0.1, -0.05) is 25.0 Å². The monoisotopic (exact) mass is 246 g/mol. The highest BCUT2D eigenvalue weighted by molar-refractivity contribution is 6.01. The summed E-state index contributed by atoms with van der Waals surface area (Å²) in [6.07, 6.45) is 0. The lowest BCUT2D eigenvalue weighted by atomic mass is 10.1. The Morgan fingerprint density at radius 3 is 2.78 bits per heavy atom. The summed E-state index contributed by atoms with van der Waals surface area (Å²) in [4.78, 5) is 16.2. The molecule has 0 aromatic carbocycles. The van der Waals surface area contributed by atoms with Crippen LogP contribution in [0.5, 0.6) is 0 Å². The lowest BCUT2D eigenvalue weighted by Gasteiger charge is -2.06. The number of hydrogen-bond donors (Lipinski definition) is 1. The molecule has 1 N–H and O–H groups in total. The van der Waals surface area contributed by atoms with E-state index < -0.39 is 0 Å². The van der Waals surface area contributed by atoms with Crippen molar-refractivity contribution in [2.24, 2.45) is 7.05 Å². The van der Waals surface area contributed by atoms with Crippen molar-refractivity contribution in [3.05, 3.63) is 29.6 Å². The number of amides is 1. The molecule has 0 atom stereocenters. The van der Waals surface area contributed by atoms with Crippen molar-refractivity contribution in [2.45, 2.75) is 19.8 Å². The van der Waals surface area contributed by atoms with Gasteiger partial charge in [-0.3, -0.25) is 10.1 Å². The third-order valence-corrected chi connectivity index (χ3v) is 2.44. The van der Waals surface area contributed by atoms with E-state index >= 15 is 0 Å². The van der Waals surface area contributed by atoms with Gasteiger partial charge in [-0.25, -0.2) is 9.67 Å². The van der Waals surface area contributed by atoms with Crippen LogP contribution >= 0.6 is 0 Å². The zero-order valence-electron chi connectivity index (χ0n) is 10.5. The molecule has 0 radical (unpaired) electrons. The van der Waals surface area contributed by atoms with Crippen molar-refractivity contribution < 1.29 is 4.79 Å². The summed E-state index contributed by atoms with van der Waals surface area (Å²) in [5.74, 6) is 0.237. The van der Waals surface area contributed by atoms with Gasteiger partial charge in [0.15, 0.2) is 0 Å². The third kappa shape index (κ3) is 2.50. The summed E-state index contributed by atoms with van der Waals surface area (Å²) in [6.45, 7) is 4.05. The number of rotatable bonds is 3. The fourth-order valence-electron chi connectivity index (χ4n) is 1.40. The largest absolute Gasteiger partial charge is 0.288 e. The number of anilines is 1. The molecule has 94 valence electrons. The van der Waals surface area contributed by atoms with Gasteiger partial charge in [0.1, 0.15) is 5.69 Å². The van der Waals surface area contributed by atoms with Crippen LogP contribution in [0.4, 0.5) is 5.95 Å². The highest BCUT2D eigenvalue weighted by Crippen LogP contribution is 2.12. The van der Waals surface area contributed by atoms with Crippen LogP contribution in [0.25, 0.3) is 0 Å². The molecule has 0 aliphatic heterocycles. The van der Waals surface area contributed by atoms with Gasteiger partial charge in [-0.05, 0) is 28.5 Å². The minimum absolute atomic E-state index is 0.272. The smallest absolute Gasteiger partial charge is 0.276 e. The Bertz CT molecular complexity index is 562. The second kappa shape index (κ2) is 4.91. The average Bonchev–Trinajstić information content (AvgIpc) is 2.75. The van der Waals surface area contributed by atoms with E-state index in [9.17, 15) is 4.79 Å². The Hall–Kier alpha value is -2.31. The average molecular weight is 246 g/mol. The number of carbonyl (C=O) groups is 1. The predicted molar refractivity (Wildman–Crippen MR) is 65.1 cm³/mol. The summed E-state index contributed by atoms with van der Waals surface area (Å²) in [5, 5.41) is 13.4. The SMILES string of the molecule is CC(C)c1cccc(C(=O)Nc2nnnn2C)n1. The topological polar surface area (TPSA) is 85.6 Å². The van der Waals surface area contributed by atoms with Crippen LogP contribution in [-0.2, 0) is 7.05 Å². The summed E-state index contributed by atoms with van der Waals surface area (Å²) in [5.41, 5.74) is 1.22. The molecule has 2 rings (SSSR count). The van der Waals surface area contributed by atoms with Gasteiger partial charge in [0.05, 0.1) is 0 Å². The maximum absolute atomic E-state index is 12.0. The molecule has 1 amide bonds. The minimum atomic E-state index is -0.324. The zero-order chi connectivity index (χ0) is 13.1. The van der Waals surface area contributed by atoms with Crippen LogP contribution in [0.2, 0.25) is 0 Å². The molecule has 0 saturated carbocycles. The molecule has 0 fully saturated rings. The van der Waals surface area contributed by atoms with E-state index in [1.165, 1.54) is 4.68 Å². The Kier molecular flexibility index (Phi) is 3.31. The molecule has 7 nitrogen and oxygen atoms in total. The second-order valence-corrected chi connectivity index (χ2v) is 4.18. The first kappa shape index (κ1) is 12.2. The van der Waals surface area contributed by atoms with Crippen molar-refractivity contribution in [1.29, 1.82) is 0 Å². The van der Waals surface area contributed by atoms with Crippen molar-refractivity contribution in [3.63, 3.8) is 0 Å². The molecular weight excluding hydrogens is 232 g/mol. The third-order valence-electron chi connectivity index (χ3n) is 2.44. The van der Waals surface area contributed by atoms with E-state index in [1.54, 1.807) is 13.1 Å². The Labute approximate surface area is 104 Å². The summed E-state index contributed by atoms with van der Waals surface area (Å²) in [6, 6.07) is 5.36. The molecular formula is C11H14N6O. The number of aromatic nitrogens is 5. The van der Waals surface area contributed by atoms with E-state index in [0.29, 0.717) is 5.69 Å². The summed E-state index contributed by atoms with van der Waals surface area (Å²) < 4.78 is 1.38. The number of nitrogens with one attached hydrogen (secondary N) is 1. The first-order valence-electron chi connectivity index (χ1n) is 5.58. The van der Waals surface area contributed by atoms with Crippen LogP contribution < -0.4 is 5.32 Å². The first-order chi connectivity index (χ1) is 8.58. The summed E-state index contributed by atoms with van der Waals surface area (Å²) >= 11 is 0. The Morgan fingerprint density at radius 2 is 2.17 bits per heavy atom. The maximum Gasteiger partial charge on any atom is 0.276 e. The molecule has 2 aromatic heterocycles. The van der Waals surface area contributed by atoms with Gasteiger partial charge in [0.25, 0.3) is 5.91 Å². The number of carbonyl (C=O) groups excluding carboxylic acids is 1. The van der Waals surface area contributed by atoms with Crippen molar-refractivity contribution in [3.8, 4) is 0 Å². The van der Waals surface area contributed by atoms with Gasteiger partial charge in [-0.15, -0.1) is 0 Å². The molecule has 2 aromatic rings. The molecule has 0 spiro atoms. The zero-order valence-corrected chi connectivity index (χ0v) is 10.5. The quantitative estimate of drug-likeness (QED) is 0.872. The molecule has 0 aliphatic carbocycles. The lowest BCUT2D eigenvalue weighted by molar-refractivity contribution is 0.102. The number of pyridine rings is 1. The molecule has 0 saturated heterocycles. The van der Waals surface area contributed by atoms with Crippen molar-refractivity contribution in [1.82, 2.24) is 25.2 Å². The van der Waals surface area contributed by atoms with Crippen LogP contribution in [0.15, 0.2) is 18.2 Å². The predicted octanol–water partition coefficient (Wildman–Crippen LogP) is 0.981. The molecule has 18 heavy (non-hydrogen) atoms. The van der Waals surface area contributed by atoms with E-state index in [-0.39, 0.29) is 17.8 Å². The van der Waals surface area contributed by atoms with Gasteiger partial charge >= 0.3 is 0 Å². The maximum atomic E-state index is 12.0. The fourth-order valence-corrected chi connectivity index (χ4v) is 1.40. The number of nitrogens with zero attached hydrogens (tertiary/aromatic N) is 5. The van der Waals surface area contributed by atoms with Crippen LogP contribution in [0, 0.1) is 0 Å². The van der Waals surface area contributed by atoms with Crippen molar-refractivity contribution in [2.75, 3.05) is 5.32 Å². The number of tetrazole rings is 1. The Balaban J connectivity index is 2.19. The Morgan fingerprint density at radius 1 is 1.39 bits per heavy atom. The first-order valence-corrected chi connectivity index (χ1v) is 5.58. The van der Waals surface area contributed by atoms with E-state index in [0.717, 1.165) is 5.69 Å². The molecule has 2 heterocycles. The normalized spacial score (nSPS) is 10.7. The van der Waals surface area contributed by atoms with E-state index in [2.05, 4.69) is 25.8 Å². The fraction of sp³-hybridized carbons (Fsp3) is 0.364. The highest BCUT2D eigenvalue weighted by Gasteiger charge is 2.12. The number of aryl methyl sites for hydroxylation is 1. The number of hydrogen-bond acceptors (Lipinski definition) is 5. The van der Waals surface area contributed by atoms with Crippen molar-refractivity contribution >= 4 is 11.9 Å². The lowest BCUT2D eigenvalue weighted by Crippen LogP contribution is -2.17. The molecule has 7 heteroatoms. The summed E-state index contributed by atoms with van der Waals surface area (Å²) in [7, 11) is 1.65. The highest BCUT2D eigenvalue weighted by atomic mass is 16.2. The van der Waals surface area contributed by atoms with E-state index in [4.69, 9.17) is 0 Å². The molecule has 0 aliphatic rings. The van der Waals surface area contributed by atoms with Gasteiger partial charge < -0.3 is 0 Å².